The van der Waals surface area contributed by atoms with Crippen molar-refractivity contribution in [2.24, 2.45) is 0 Å². The Morgan fingerprint density at radius 3 is 0.846 bits per heavy atom. The number of rotatable bonds is 6. The molecule has 4 aromatic rings. The second-order valence-electron chi connectivity index (χ2n) is 15.9. The maximum atomic E-state index is 15.7. The number of benzene rings is 4. The van der Waals surface area contributed by atoms with Crippen molar-refractivity contribution in [3.63, 3.8) is 0 Å². The molecule has 0 unspecified atom stereocenters. The average molecular weight is 730 g/mol. The highest BCUT2D eigenvalue weighted by Gasteiger charge is 2.42. The molecule has 52 heavy (non-hydrogen) atoms. The van der Waals surface area contributed by atoms with Crippen LogP contribution in [0.2, 0.25) is 0 Å². The van der Waals surface area contributed by atoms with Crippen molar-refractivity contribution >= 4 is 28.0 Å². The Morgan fingerprint density at radius 1 is 0.385 bits per heavy atom. The number of halogens is 8. The lowest BCUT2D eigenvalue weighted by molar-refractivity contribution is -0.789. The van der Waals surface area contributed by atoms with Gasteiger partial charge in [0.1, 0.15) is 29.4 Å². The van der Waals surface area contributed by atoms with E-state index in [1.165, 1.54) is 91.9 Å². The topological polar surface area (TPSA) is 16.6 Å². The van der Waals surface area contributed by atoms with E-state index in [0.29, 0.717) is 35.3 Å². The molecule has 0 radical (unpaired) electrons. The zero-order valence-corrected chi connectivity index (χ0v) is 30.9. The monoisotopic (exact) mass is 729 g/mol. The third kappa shape index (κ3) is 7.83. The van der Waals surface area contributed by atoms with Gasteiger partial charge >= 0.3 is 0 Å². The summed E-state index contributed by atoms with van der Waals surface area (Å²) in [7, 11) is 0. The molecule has 2 aliphatic rings. The molecule has 0 heterocycles. The first-order valence-electron chi connectivity index (χ1n) is 18.3. The highest BCUT2D eigenvalue weighted by atomic mass is 19.2. The molecule has 2 aliphatic carbocycles. The van der Waals surface area contributed by atoms with Crippen molar-refractivity contribution in [3.8, 4) is 0 Å². The molecule has 280 valence electrons. The number of hydrogen-bond donors (Lipinski definition) is 1. The van der Waals surface area contributed by atoms with E-state index in [0.717, 1.165) is 24.3 Å². The van der Waals surface area contributed by atoms with Crippen molar-refractivity contribution in [1.82, 2.24) is 0 Å². The molecule has 0 saturated heterocycles. The Labute approximate surface area is 302 Å². The van der Waals surface area contributed by atoms with Crippen LogP contribution in [0, 0.1) is 74.2 Å². The summed E-state index contributed by atoms with van der Waals surface area (Å²) in [6.07, 6.45) is 11.0. The molecule has 2 N–H and O–H groups in total. The lowest BCUT2D eigenvalue weighted by Crippen LogP contribution is -3.05. The Morgan fingerprint density at radius 2 is 0.615 bits per heavy atom. The van der Waals surface area contributed by atoms with Gasteiger partial charge in [0, 0.05) is 49.9 Å². The van der Waals surface area contributed by atoms with Crippen molar-refractivity contribution < 1.29 is 40.4 Å². The molecule has 6 rings (SSSR count). The van der Waals surface area contributed by atoms with Gasteiger partial charge in [0.05, 0.1) is 34.3 Å². The Kier molecular flexibility index (Phi) is 11.7. The summed E-state index contributed by atoms with van der Waals surface area (Å²) in [6, 6.07) is 5.82. The first kappa shape index (κ1) is 39.6. The Bertz CT molecular complexity index is 1690. The van der Waals surface area contributed by atoms with Crippen molar-refractivity contribution in [2.75, 3.05) is 0 Å². The average Bonchev–Trinajstić information content (AvgIpc) is 3.07. The molecule has 0 spiro atoms. The SMILES string of the molecule is CC1([NH2+]C2(C)CCCCC2)CCCCC1.Cc1cc([B-](c2cc(C)c(F)cc2F)(c2cc(C)c(F)cc2F)c2cc(C)c(F)cc2F)c(F)cc1F. The molecule has 0 bridgehead atoms. The van der Waals surface area contributed by atoms with Gasteiger partial charge in [0.2, 0.25) is 0 Å². The molecule has 10 heteroatoms. The molecule has 0 atom stereocenters. The van der Waals surface area contributed by atoms with E-state index in [1.807, 2.05) is 0 Å². The predicted octanol–water partition coefficient (Wildman–Crippen LogP) is 8.41. The zero-order valence-electron chi connectivity index (χ0n) is 30.9. The van der Waals surface area contributed by atoms with E-state index < -0.39 is 74.5 Å². The fourth-order valence-corrected chi connectivity index (χ4v) is 8.90. The molecular formula is C42H48BF8N. The van der Waals surface area contributed by atoms with Gasteiger partial charge in [0.15, 0.2) is 0 Å². The van der Waals surface area contributed by atoms with Crippen LogP contribution in [0.1, 0.15) is 100 Å². The molecule has 2 saturated carbocycles. The minimum absolute atomic E-state index is 0.139. The molecule has 1 nitrogen and oxygen atoms in total. The van der Waals surface area contributed by atoms with E-state index >= 15 is 17.6 Å². The lowest BCUT2D eigenvalue weighted by atomic mass is 9.12. The third-order valence-electron chi connectivity index (χ3n) is 11.7. The predicted molar refractivity (Wildman–Crippen MR) is 194 cm³/mol. The second-order valence-corrected chi connectivity index (χ2v) is 15.9. The van der Waals surface area contributed by atoms with Gasteiger partial charge in [0.25, 0.3) is 0 Å². The zero-order chi connectivity index (χ0) is 38.2. The van der Waals surface area contributed by atoms with Crippen LogP contribution in [-0.2, 0) is 0 Å². The molecule has 0 aromatic heterocycles. The van der Waals surface area contributed by atoms with Crippen LogP contribution in [-0.4, -0.2) is 17.2 Å². The van der Waals surface area contributed by atoms with Crippen LogP contribution >= 0.6 is 0 Å². The lowest BCUT2D eigenvalue weighted by Gasteiger charge is -2.45. The van der Waals surface area contributed by atoms with E-state index in [9.17, 15) is 17.6 Å². The highest BCUT2D eigenvalue weighted by Crippen LogP contribution is 2.29. The van der Waals surface area contributed by atoms with Gasteiger partial charge in [-0.2, -0.15) is 21.9 Å². The number of hydrogen-bond acceptors (Lipinski definition) is 0. The van der Waals surface area contributed by atoms with E-state index in [4.69, 9.17) is 0 Å². The maximum Gasteiger partial charge on any atom is 0.128 e. The molecule has 0 amide bonds. The summed E-state index contributed by atoms with van der Waals surface area (Å²) in [5.41, 5.74) is -1.58. The highest BCUT2D eigenvalue weighted by molar-refractivity contribution is 7.20. The third-order valence-corrected chi connectivity index (χ3v) is 11.7. The quantitative estimate of drug-likeness (QED) is 0.152. The minimum Gasteiger partial charge on any atom is -0.337 e. The fourth-order valence-electron chi connectivity index (χ4n) is 8.90. The van der Waals surface area contributed by atoms with Crippen LogP contribution in [0.4, 0.5) is 35.1 Å². The van der Waals surface area contributed by atoms with Gasteiger partial charge in [-0.3, -0.25) is 0 Å². The minimum atomic E-state index is -3.62. The number of quaternary nitrogens is 1. The summed E-state index contributed by atoms with van der Waals surface area (Å²) in [5, 5.41) is 2.76. The summed E-state index contributed by atoms with van der Waals surface area (Å²) >= 11 is 0. The van der Waals surface area contributed by atoms with E-state index in [-0.39, 0.29) is 22.3 Å². The van der Waals surface area contributed by atoms with E-state index in [1.54, 1.807) is 0 Å². The van der Waals surface area contributed by atoms with Crippen LogP contribution < -0.4 is 27.2 Å². The standard InChI is InChI=1S/C28H20BF8.C14H27N/c1-13-5-17(25(34)9-21(13)30)29(18-6-14(2)22(31)10-26(18)35,19-7-15(3)23(32)11-27(19)36)20-8-16(4)24(33)12-28(20)37;1-13(9-5-3-6-10-13)15-14(2)11-7-4-8-12-14/h5-12H,1-4H3;15H,3-12H2,1-2H3/q-1;/p+1. The van der Waals surface area contributed by atoms with Gasteiger partial charge in [-0.05, 0) is 89.5 Å². The first-order chi connectivity index (χ1) is 24.4. The summed E-state index contributed by atoms with van der Waals surface area (Å²) < 4.78 is 120. The molecule has 2 fully saturated rings. The number of aryl methyl sites for hydroxylation is 4. The Hall–Kier alpha value is -3.66. The van der Waals surface area contributed by atoms with Gasteiger partial charge < -0.3 is 5.32 Å². The molecule has 4 aromatic carbocycles. The van der Waals surface area contributed by atoms with Crippen LogP contribution in [0.3, 0.4) is 0 Å². The number of nitrogens with two attached hydrogens (primary N) is 1. The second kappa shape index (κ2) is 15.4. The largest absolute Gasteiger partial charge is 0.337 e. The van der Waals surface area contributed by atoms with Gasteiger partial charge in [-0.1, -0.05) is 37.1 Å². The van der Waals surface area contributed by atoms with Crippen molar-refractivity contribution in [3.05, 3.63) is 117 Å². The summed E-state index contributed by atoms with van der Waals surface area (Å²) in [5.74, 6) is -9.05. The van der Waals surface area contributed by atoms with Gasteiger partial charge in [-0.25, -0.2) is 35.1 Å². The van der Waals surface area contributed by atoms with Crippen LogP contribution in [0.5, 0.6) is 0 Å². The Balaban J connectivity index is 0.000000289. The van der Waals surface area contributed by atoms with Crippen molar-refractivity contribution in [2.45, 2.75) is 117 Å². The van der Waals surface area contributed by atoms with E-state index in [2.05, 4.69) is 19.2 Å². The molecular weight excluding hydrogens is 681 g/mol. The fraction of sp³-hybridized carbons (Fsp3) is 0.429. The smallest absolute Gasteiger partial charge is 0.128 e. The normalized spacial score (nSPS) is 17.0. The van der Waals surface area contributed by atoms with Crippen molar-refractivity contribution in [1.29, 1.82) is 0 Å². The summed E-state index contributed by atoms with van der Waals surface area (Å²) in [6.45, 7) is 10.1. The maximum absolute atomic E-state index is 15.7. The van der Waals surface area contributed by atoms with Crippen LogP contribution in [0.25, 0.3) is 0 Å². The first-order valence-corrected chi connectivity index (χ1v) is 18.3. The van der Waals surface area contributed by atoms with Gasteiger partial charge in [-0.15, -0.1) is 0 Å². The molecule has 0 aliphatic heterocycles. The summed E-state index contributed by atoms with van der Waals surface area (Å²) in [4.78, 5) is 0. The van der Waals surface area contributed by atoms with Crippen LogP contribution in [0.15, 0.2) is 48.5 Å².